The third-order valence-electron chi connectivity index (χ3n) is 5.22. The van der Waals surface area contributed by atoms with Gasteiger partial charge in [0.25, 0.3) is 0 Å². The molecule has 0 spiro atoms. The van der Waals surface area contributed by atoms with Gasteiger partial charge in [0.15, 0.2) is 5.96 Å². The Bertz CT molecular complexity index is 960. The van der Waals surface area contributed by atoms with Gasteiger partial charge in [-0.1, -0.05) is 36.4 Å². The van der Waals surface area contributed by atoms with Crippen LogP contribution in [0, 0.1) is 5.82 Å². The molecule has 0 saturated heterocycles. The number of aromatic nitrogens is 2. The molecule has 3 aromatic rings. The van der Waals surface area contributed by atoms with Crippen molar-refractivity contribution in [3.05, 3.63) is 83.9 Å². The van der Waals surface area contributed by atoms with Crippen LogP contribution in [0.25, 0.3) is 5.69 Å². The second-order valence-electron chi connectivity index (χ2n) is 7.13. The lowest BCUT2D eigenvalue weighted by Gasteiger charge is -2.19. The molecule has 1 aliphatic carbocycles. The van der Waals surface area contributed by atoms with E-state index in [4.69, 9.17) is 0 Å². The highest BCUT2D eigenvalue weighted by Crippen LogP contribution is 2.48. The molecule has 0 unspecified atom stereocenters. The maximum atomic E-state index is 14.2. The molecule has 144 valence electrons. The maximum Gasteiger partial charge on any atom is 0.191 e. The quantitative estimate of drug-likeness (QED) is 0.511. The molecule has 0 atom stereocenters. The van der Waals surface area contributed by atoms with Gasteiger partial charge in [-0.15, -0.1) is 0 Å². The molecule has 1 aliphatic rings. The van der Waals surface area contributed by atoms with Gasteiger partial charge < -0.3 is 10.6 Å². The van der Waals surface area contributed by atoms with Crippen molar-refractivity contribution in [2.75, 3.05) is 13.6 Å². The highest BCUT2D eigenvalue weighted by molar-refractivity contribution is 5.79. The fourth-order valence-electron chi connectivity index (χ4n) is 3.41. The molecule has 0 radical (unpaired) electrons. The summed E-state index contributed by atoms with van der Waals surface area (Å²) in [5.74, 6) is 0.563. The smallest absolute Gasteiger partial charge is 0.191 e. The van der Waals surface area contributed by atoms with Gasteiger partial charge in [0.2, 0.25) is 0 Å². The first-order valence-corrected chi connectivity index (χ1v) is 9.50. The molecule has 1 heterocycles. The third-order valence-corrected chi connectivity index (χ3v) is 5.22. The zero-order valence-corrected chi connectivity index (χ0v) is 15.9. The number of nitrogens with one attached hydrogen (secondary N) is 2. The van der Waals surface area contributed by atoms with Gasteiger partial charge in [0.1, 0.15) is 5.82 Å². The zero-order chi connectivity index (χ0) is 19.4. The second kappa shape index (κ2) is 7.84. The summed E-state index contributed by atoms with van der Waals surface area (Å²) in [6, 6.07) is 19.0. The van der Waals surface area contributed by atoms with Crippen molar-refractivity contribution < 1.29 is 4.39 Å². The monoisotopic (exact) mass is 377 g/mol. The predicted octanol–water partition coefficient (Wildman–Crippen LogP) is 3.41. The summed E-state index contributed by atoms with van der Waals surface area (Å²) in [4.78, 5) is 4.28. The van der Waals surface area contributed by atoms with E-state index in [0.717, 1.165) is 29.8 Å². The summed E-state index contributed by atoms with van der Waals surface area (Å²) in [6.45, 7) is 1.22. The number of guanidine groups is 1. The second-order valence-corrected chi connectivity index (χ2v) is 7.13. The number of hydrogen-bond donors (Lipinski definition) is 2. The molecule has 0 amide bonds. The summed E-state index contributed by atoms with van der Waals surface area (Å²) in [7, 11) is 1.74. The van der Waals surface area contributed by atoms with Crippen molar-refractivity contribution in [1.82, 2.24) is 20.4 Å². The van der Waals surface area contributed by atoms with Gasteiger partial charge >= 0.3 is 0 Å². The van der Waals surface area contributed by atoms with Crippen molar-refractivity contribution in [3.63, 3.8) is 0 Å². The highest BCUT2D eigenvalue weighted by atomic mass is 19.1. The van der Waals surface area contributed by atoms with Crippen molar-refractivity contribution in [3.8, 4) is 5.69 Å². The van der Waals surface area contributed by atoms with Crippen molar-refractivity contribution >= 4 is 5.96 Å². The van der Waals surface area contributed by atoms with Crippen LogP contribution in [0.15, 0.2) is 71.9 Å². The van der Waals surface area contributed by atoms with Gasteiger partial charge in [-0.3, -0.25) is 4.99 Å². The van der Waals surface area contributed by atoms with Crippen molar-refractivity contribution in [2.45, 2.75) is 24.8 Å². The van der Waals surface area contributed by atoms with Crippen LogP contribution in [-0.4, -0.2) is 29.3 Å². The molecule has 5 nitrogen and oxygen atoms in total. The Kier molecular flexibility index (Phi) is 5.10. The first-order valence-electron chi connectivity index (χ1n) is 9.50. The highest BCUT2D eigenvalue weighted by Gasteiger charge is 2.45. The Balaban J connectivity index is 1.34. The van der Waals surface area contributed by atoms with Crippen LogP contribution < -0.4 is 10.6 Å². The van der Waals surface area contributed by atoms with E-state index in [1.807, 2.05) is 59.4 Å². The summed E-state index contributed by atoms with van der Waals surface area (Å²) >= 11 is 0. The SMILES string of the molecule is CN=C(NCc1ccn(-c2ccccc2)n1)NCC1(c2ccccc2F)CC1. The molecule has 6 heteroatoms. The number of hydrogen-bond acceptors (Lipinski definition) is 2. The maximum absolute atomic E-state index is 14.2. The standard InChI is InChI=1S/C22H24FN5/c1-24-21(26-16-22(12-13-22)19-9-5-6-10-20(19)23)25-15-17-11-14-28(27-17)18-7-3-2-4-8-18/h2-11,14H,12-13,15-16H2,1H3,(H2,24,25,26). The molecule has 0 bridgehead atoms. The number of benzene rings is 2. The minimum atomic E-state index is -0.129. The molecule has 1 fully saturated rings. The van der Waals surface area contributed by atoms with E-state index in [2.05, 4.69) is 20.7 Å². The minimum absolute atomic E-state index is 0.127. The number of para-hydroxylation sites is 1. The Morgan fingerprint density at radius 3 is 2.54 bits per heavy atom. The molecule has 2 aromatic carbocycles. The fraction of sp³-hybridized carbons (Fsp3) is 0.273. The topological polar surface area (TPSA) is 54.2 Å². The average molecular weight is 377 g/mol. The number of nitrogens with zero attached hydrogens (tertiary/aromatic N) is 3. The van der Waals surface area contributed by atoms with E-state index in [9.17, 15) is 4.39 Å². The van der Waals surface area contributed by atoms with Crippen LogP contribution in [0.3, 0.4) is 0 Å². The molecule has 1 saturated carbocycles. The summed E-state index contributed by atoms with van der Waals surface area (Å²) in [6.07, 6.45) is 3.92. The average Bonchev–Trinajstić information content (AvgIpc) is 3.37. The van der Waals surface area contributed by atoms with Crippen LogP contribution in [0.2, 0.25) is 0 Å². The van der Waals surface area contributed by atoms with Gasteiger partial charge in [-0.25, -0.2) is 9.07 Å². The fourth-order valence-corrected chi connectivity index (χ4v) is 3.41. The molecule has 2 N–H and O–H groups in total. The van der Waals surface area contributed by atoms with Crippen LogP contribution in [0.4, 0.5) is 4.39 Å². The Morgan fingerprint density at radius 1 is 1.07 bits per heavy atom. The van der Waals surface area contributed by atoms with Crippen molar-refractivity contribution in [2.24, 2.45) is 4.99 Å². The normalized spacial score (nSPS) is 15.3. The predicted molar refractivity (Wildman–Crippen MR) is 109 cm³/mol. The summed E-state index contributed by atoms with van der Waals surface area (Å²) in [5, 5.41) is 11.2. The lowest BCUT2D eigenvalue weighted by molar-refractivity contribution is 0.559. The first kappa shape index (κ1) is 18.2. The van der Waals surface area contributed by atoms with E-state index < -0.39 is 0 Å². The van der Waals surface area contributed by atoms with Gasteiger partial charge in [-0.2, -0.15) is 5.10 Å². The minimum Gasteiger partial charge on any atom is -0.356 e. The Morgan fingerprint density at radius 2 is 1.82 bits per heavy atom. The molecule has 0 aliphatic heterocycles. The lowest BCUT2D eigenvalue weighted by atomic mass is 9.95. The van der Waals surface area contributed by atoms with Crippen molar-refractivity contribution in [1.29, 1.82) is 0 Å². The molecular weight excluding hydrogens is 353 g/mol. The van der Waals surface area contributed by atoms with E-state index in [1.165, 1.54) is 6.07 Å². The Hall–Kier alpha value is -3.15. The van der Waals surface area contributed by atoms with E-state index in [1.54, 1.807) is 13.1 Å². The van der Waals surface area contributed by atoms with E-state index >= 15 is 0 Å². The number of aliphatic imine (C=N–C) groups is 1. The molecule has 28 heavy (non-hydrogen) atoms. The van der Waals surface area contributed by atoms with E-state index in [-0.39, 0.29) is 11.2 Å². The molecular formula is C22H24FN5. The molecule has 1 aromatic heterocycles. The van der Waals surface area contributed by atoms with Gasteiger partial charge in [0.05, 0.1) is 17.9 Å². The largest absolute Gasteiger partial charge is 0.356 e. The molecule has 4 rings (SSSR count). The van der Waals surface area contributed by atoms with Crippen LogP contribution in [0.1, 0.15) is 24.1 Å². The zero-order valence-electron chi connectivity index (χ0n) is 15.9. The van der Waals surface area contributed by atoms with Gasteiger partial charge in [-0.05, 0) is 42.7 Å². The lowest BCUT2D eigenvalue weighted by Crippen LogP contribution is -2.41. The van der Waals surface area contributed by atoms with Crippen LogP contribution >= 0.6 is 0 Å². The summed E-state index contributed by atoms with van der Waals surface area (Å²) < 4.78 is 16.0. The van der Waals surface area contributed by atoms with Crippen LogP contribution in [-0.2, 0) is 12.0 Å². The first-order chi connectivity index (χ1) is 13.7. The van der Waals surface area contributed by atoms with Gasteiger partial charge in [0, 0.05) is 25.2 Å². The van der Waals surface area contributed by atoms with E-state index in [0.29, 0.717) is 19.0 Å². The Labute approximate surface area is 164 Å². The summed E-state index contributed by atoms with van der Waals surface area (Å²) in [5.41, 5.74) is 2.61. The number of rotatable bonds is 6. The third kappa shape index (κ3) is 3.91. The van der Waals surface area contributed by atoms with Crippen LogP contribution in [0.5, 0.6) is 0 Å². The number of halogens is 1.